The Morgan fingerprint density at radius 1 is 1.20 bits per heavy atom. The van der Waals surface area contributed by atoms with Crippen LogP contribution in [0.1, 0.15) is 31.7 Å². The van der Waals surface area contributed by atoms with Crippen molar-refractivity contribution < 1.29 is 0 Å². The second-order valence-electron chi connectivity index (χ2n) is 3.39. The van der Waals surface area contributed by atoms with E-state index < -0.39 is 0 Å². The number of nitrogen functional groups attached to an aromatic ring is 1. The number of hydrogen-bond donors (Lipinski definition) is 3. The lowest BCUT2D eigenvalue weighted by Gasteiger charge is -2.12. The number of nitrogens with one attached hydrogen (secondary N) is 2. The molecule has 1 rings (SSSR count). The maximum atomic E-state index is 5.41. The molecule has 0 aromatic carbocycles. The van der Waals surface area contributed by atoms with Gasteiger partial charge in [-0.05, 0) is 20.3 Å². The van der Waals surface area contributed by atoms with Crippen molar-refractivity contribution in [1.82, 2.24) is 9.97 Å². The smallest absolute Gasteiger partial charge is 0.148 e. The van der Waals surface area contributed by atoms with Gasteiger partial charge in [-0.2, -0.15) is 0 Å². The van der Waals surface area contributed by atoms with Gasteiger partial charge in [0.1, 0.15) is 17.5 Å². The molecule has 0 amide bonds. The van der Waals surface area contributed by atoms with Crippen molar-refractivity contribution in [1.29, 1.82) is 0 Å². The van der Waals surface area contributed by atoms with Gasteiger partial charge in [-0.15, -0.1) is 0 Å². The van der Waals surface area contributed by atoms with E-state index in [4.69, 9.17) is 5.84 Å². The zero-order valence-corrected chi connectivity index (χ0v) is 9.59. The highest BCUT2D eigenvalue weighted by Crippen LogP contribution is 2.19. The molecular weight excluding hydrogens is 190 g/mol. The fourth-order valence-corrected chi connectivity index (χ4v) is 1.38. The molecular formula is C10H19N5. The molecule has 15 heavy (non-hydrogen) atoms. The lowest BCUT2D eigenvalue weighted by Crippen LogP contribution is -2.14. The fourth-order valence-electron chi connectivity index (χ4n) is 1.38. The summed E-state index contributed by atoms with van der Waals surface area (Å²) >= 11 is 0. The van der Waals surface area contributed by atoms with E-state index in [2.05, 4.69) is 27.6 Å². The average Bonchev–Trinajstić information content (AvgIpc) is 2.23. The second-order valence-corrected chi connectivity index (χ2v) is 3.39. The van der Waals surface area contributed by atoms with Crippen LogP contribution in [0, 0.1) is 6.92 Å². The quantitative estimate of drug-likeness (QED) is 0.505. The van der Waals surface area contributed by atoms with Crippen LogP contribution in [0.25, 0.3) is 0 Å². The van der Waals surface area contributed by atoms with E-state index in [1.54, 1.807) is 0 Å². The van der Waals surface area contributed by atoms with Crippen LogP contribution in [0.4, 0.5) is 11.6 Å². The van der Waals surface area contributed by atoms with E-state index in [1.165, 1.54) is 0 Å². The Labute approximate surface area is 90.5 Å². The van der Waals surface area contributed by atoms with Crippen LogP contribution in [0.2, 0.25) is 0 Å². The third-order valence-corrected chi connectivity index (χ3v) is 2.15. The number of nitrogens with zero attached hydrogens (tertiary/aromatic N) is 2. The molecule has 5 heteroatoms. The summed E-state index contributed by atoms with van der Waals surface area (Å²) in [5, 5.41) is 3.20. The molecule has 0 saturated heterocycles. The van der Waals surface area contributed by atoms with E-state index in [1.807, 2.05) is 13.8 Å². The number of hydrogen-bond acceptors (Lipinski definition) is 5. The number of aromatic nitrogens is 2. The SMILES string of the molecule is CCCc1nc(NN)c(C)c(NCC)n1. The van der Waals surface area contributed by atoms with E-state index >= 15 is 0 Å². The first-order valence-corrected chi connectivity index (χ1v) is 5.30. The summed E-state index contributed by atoms with van der Waals surface area (Å²) in [4.78, 5) is 8.78. The number of hydrazine groups is 1. The molecule has 0 saturated carbocycles. The molecule has 0 unspecified atom stereocenters. The van der Waals surface area contributed by atoms with E-state index in [-0.39, 0.29) is 0 Å². The molecule has 0 fully saturated rings. The van der Waals surface area contributed by atoms with Gasteiger partial charge in [-0.3, -0.25) is 0 Å². The van der Waals surface area contributed by atoms with Gasteiger partial charge in [-0.25, -0.2) is 15.8 Å². The first-order chi connectivity index (χ1) is 7.22. The van der Waals surface area contributed by atoms with Crippen LogP contribution in [0.15, 0.2) is 0 Å². The third kappa shape index (κ3) is 2.79. The van der Waals surface area contributed by atoms with Crippen LogP contribution in [-0.4, -0.2) is 16.5 Å². The molecule has 0 spiro atoms. The summed E-state index contributed by atoms with van der Waals surface area (Å²) in [5.41, 5.74) is 3.56. The van der Waals surface area contributed by atoms with Crippen LogP contribution < -0.4 is 16.6 Å². The Hall–Kier alpha value is -1.36. The number of rotatable bonds is 5. The normalized spacial score (nSPS) is 10.1. The highest BCUT2D eigenvalue weighted by molar-refractivity contribution is 5.56. The number of nitrogens with two attached hydrogens (primary N) is 1. The monoisotopic (exact) mass is 209 g/mol. The van der Waals surface area contributed by atoms with Gasteiger partial charge in [0.2, 0.25) is 0 Å². The van der Waals surface area contributed by atoms with Gasteiger partial charge < -0.3 is 10.7 Å². The molecule has 4 N–H and O–H groups in total. The van der Waals surface area contributed by atoms with Gasteiger partial charge in [0.15, 0.2) is 0 Å². The number of aryl methyl sites for hydroxylation is 1. The van der Waals surface area contributed by atoms with Gasteiger partial charge in [0.25, 0.3) is 0 Å². The minimum absolute atomic E-state index is 0.699. The summed E-state index contributed by atoms with van der Waals surface area (Å²) in [5.74, 6) is 7.80. The minimum Gasteiger partial charge on any atom is -0.370 e. The average molecular weight is 209 g/mol. The van der Waals surface area contributed by atoms with Crippen molar-refractivity contribution in [2.45, 2.75) is 33.6 Å². The lowest BCUT2D eigenvalue weighted by atomic mass is 10.2. The zero-order valence-electron chi connectivity index (χ0n) is 9.59. The predicted octanol–water partition coefficient (Wildman–Crippen LogP) is 1.45. The van der Waals surface area contributed by atoms with E-state index in [9.17, 15) is 0 Å². The second kappa shape index (κ2) is 5.50. The summed E-state index contributed by atoms with van der Waals surface area (Å²) in [7, 11) is 0. The Morgan fingerprint density at radius 2 is 1.87 bits per heavy atom. The van der Waals surface area contributed by atoms with Crippen molar-refractivity contribution in [3.8, 4) is 0 Å². The summed E-state index contributed by atoms with van der Waals surface area (Å²) in [6, 6.07) is 0. The van der Waals surface area contributed by atoms with Crippen molar-refractivity contribution in [3.63, 3.8) is 0 Å². The summed E-state index contributed by atoms with van der Waals surface area (Å²) < 4.78 is 0. The van der Waals surface area contributed by atoms with Crippen LogP contribution in [-0.2, 0) is 6.42 Å². The van der Waals surface area contributed by atoms with Crippen LogP contribution in [0.5, 0.6) is 0 Å². The maximum absolute atomic E-state index is 5.41. The highest BCUT2D eigenvalue weighted by Gasteiger charge is 2.08. The lowest BCUT2D eigenvalue weighted by molar-refractivity contribution is 0.831. The molecule has 0 aliphatic rings. The van der Waals surface area contributed by atoms with Crippen molar-refractivity contribution in [2.24, 2.45) is 5.84 Å². The van der Waals surface area contributed by atoms with Gasteiger partial charge in [0, 0.05) is 18.5 Å². The van der Waals surface area contributed by atoms with E-state index in [0.29, 0.717) is 5.82 Å². The van der Waals surface area contributed by atoms with Crippen LogP contribution in [0.3, 0.4) is 0 Å². The molecule has 1 aromatic rings. The first-order valence-electron chi connectivity index (χ1n) is 5.30. The molecule has 0 atom stereocenters. The van der Waals surface area contributed by atoms with Gasteiger partial charge >= 0.3 is 0 Å². The molecule has 1 heterocycles. The van der Waals surface area contributed by atoms with Gasteiger partial charge in [-0.1, -0.05) is 6.92 Å². The minimum atomic E-state index is 0.699. The standard InChI is InChI=1S/C10H19N5/c1-4-6-8-13-9(12-5-2)7(3)10(14-8)15-11/h4-6,11H2,1-3H3,(H2,12,13,14,15). The maximum Gasteiger partial charge on any atom is 0.148 e. The molecule has 0 bridgehead atoms. The van der Waals surface area contributed by atoms with Crippen molar-refractivity contribution in [3.05, 3.63) is 11.4 Å². The van der Waals surface area contributed by atoms with Gasteiger partial charge in [0.05, 0.1) is 0 Å². The third-order valence-electron chi connectivity index (χ3n) is 2.15. The number of anilines is 2. The Bertz CT molecular complexity index is 324. The first kappa shape index (κ1) is 11.7. The zero-order chi connectivity index (χ0) is 11.3. The highest BCUT2D eigenvalue weighted by atomic mass is 15.3. The Morgan fingerprint density at radius 3 is 2.40 bits per heavy atom. The molecule has 5 nitrogen and oxygen atoms in total. The van der Waals surface area contributed by atoms with Crippen molar-refractivity contribution in [2.75, 3.05) is 17.3 Å². The largest absolute Gasteiger partial charge is 0.370 e. The molecule has 0 aliphatic carbocycles. The Balaban J connectivity index is 3.07. The van der Waals surface area contributed by atoms with Crippen LogP contribution >= 0.6 is 0 Å². The molecule has 84 valence electrons. The summed E-state index contributed by atoms with van der Waals surface area (Å²) in [6.07, 6.45) is 1.89. The van der Waals surface area contributed by atoms with Crippen molar-refractivity contribution >= 4 is 11.6 Å². The topological polar surface area (TPSA) is 75.9 Å². The predicted molar refractivity (Wildman–Crippen MR) is 62.7 cm³/mol. The Kier molecular flexibility index (Phi) is 4.30. The summed E-state index contributed by atoms with van der Waals surface area (Å²) in [6.45, 7) is 6.93. The van der Waals surface area contributed by atoms with E-state index in [0.717, 1.165) is 36.6 Å². The molecule has 0 aliphatic heterocycles. The fraction of sp³-hybridized carbons (Fsp3) is 0.600. The molecule has 0 radical (unpaired) electrons. The molecule has 1 aromatic heterocycles.